The molecule has 0 unspecified atom stereocenters. The summed E-state index contributed by atoms with van der Waals surface area (Å²) in [6.45, 7) is 7.42. The van der Waals surface area contributed by atoms with E-state index in [1.54, 1.807) is 0 Å². The Morgan fingerprint density at radius 3 is 2.27 bits per heavy atom. The maximum atomic E-state index is 3.71. The van der Waals surface area contributed by atoms with E-state index < -0.39 is 0 Å². The Morgan fingerprint density at radius 1 is 1.09 bits per heavy atom. The predicted octanol–water partition coefficient (Wildman–Crippen LogP) is 3.74. The van der Waals surface area contributed by atoms with E-state index in [4.69, 9.17) is 0 Å². The summed E-state index contributed by atoms with van der Waals surface area (Å²) in [5, 5.41) is 0. The summed E-state index contributed by atoms with van der Waals surface area (Å²) in [6.07, 6.45) is 3.64. The molecule has 1 aromatic rings. The quantitative estimate of drug-likeness (QED) is 0.695. The van der Waals surface area contributed by atoms with Crippen molar-refractivity contribution in [2.45, 2.75) is 0 Å². The summed E-state index contributed by atoms with van der Waals surface area (Å²) >= 11 is 3.38. The third-order valence-corrected chi connectivity index (χ3v) is 1.98. The second-order valence-corrected chi connectivity index (χ2v) is 3.10. The fourth-order valence-corrected chi connectivity index (χ4v) is 1.29. The van der Waals surface area contributed by atoms with Crippen LogP contribution >= 0.6 is 15.9 Å². The Morgan fingerprint density at radius 2 is 1.73 bits per heavy atom. The fraction of sp³-hybridized carbons (Fsp3) is 0. The third kappa shape index (κ3) is 1.81. The molecule has 0 saturated carbocycles. The molecule has 0 radical (unpaired) electrons. The van der Waals surface area contributed by atoms with Gasteiger partial charge < -0.3 is 0 Å². The van der Waals surface area contributed by atoms with Crippen LogP contribution in [0.2, 0.25) is 0 Å². The maximum Gasteiger partial charge on any atom is 0.0181 e. The second kappa shape index (κ2) is 3.54. The zero-order valence-electron chi connectivity index (χ0n) is 6.18. The summed E-state index contributed by atoms with van der Waals surface area (Å²) in [6, 6.07) is 6.02. The van der Waals surface area contributed by atoms with Crippen molar-refractivity contribution in [1.29, 1.82) is 0 Å². The molecular formula is C10H9Br. The molecule has 0 amide bonds. The van der Waals surface area contributed by atoms with Crippen molar-refractivity contribution in [2.24, 2.45) is 0 Å². The van der Waals surface area contributed by atoms with Crippen molar-refractivity contribution < 1.29 is 0 Å². The lowest BCUT2D eigenvalue weighted by Gasteiger charge is -1.99. The Kier molecular flexibility index (Phi) is 2.66. The van der Waals surface area contributed by atoms with Crippen molar-refractivity contribution in [1.82, 2.24) is 0 Å². The van der Waals surface area contributed by atoms with Crippen LogP contribution in [-0.4, -0.2) is 0 Å². The summed E-state index contributed by atoms with van der Waals surface area (Å²) in [7, 11) is 0. The van der Waals surface area contributed by atoms with E-state index >= 15 is 0 Å². The minimum absolute atomic E-state index is 1.07. The molecule has 0 fully saturated rings. The molecule has 1 aromatic carbocycles. The zero-order chi connectivity index (χ0) is 8.27. The molecule has 1 heteroatoms. The van der Waals surface area contributed by atoms with Gasteiger partial charge in [-0.1, -0.05) is 47.3 Å². The van der Waals surface area contributed by atoms with Gasteiger partial charge in [-0.05, 0) is 23.3 Å². The van der Waals surface area contributed by atoms with E-state index in [0.717, 1.165) is 15.6 Å². The first-order valence-electron chi connectivity index (χ1n) is 3.32. The Bertz CT molecular complexity index is 287. The van der Waals surface area contributed by atoms with Gasteiger partial charge in [-0.15, -0.1) is 0 Å². The topological polar surface area (TPSA) is 0 Å². The first-order valence-corrected chi connectivity index (χ1v) is 4.11. The monoisotopic (exact) mass is 208 g/mol. The van der Waals surface area contributed by atoms with Gasteiger partial charge in [0.1, 0.15) is 0 Å². The van der Waals surface area contributed by atoms with Crippen molar-refractivity contribution in [3.05, 3.63) is 47.0 Å². The van der Waals surface area contributed by atoms with Crippen molar-refractivity contribution >= 4 is 28.1 Å². The van der Waals surface area contributed by atoms with Crippen LogP contribution in [0.15, 0.2) is 35.8 Å². The molecule has 0 aliphatic rings. The lowest BCUT2D eigenvalue weighted by atomic mass is 10.1. The molecule has 0 N–H and O–H groups in total. The van der Waals surface area contributed by atoms with Crippen LogP contribution in [-0.2, 0) is 0 Å². The average molecular weight is 209 g/mol. The number of hydrogen-bond donors (Lipinski definition) is 0. The van der Waals surface area contributed by atoms with Crippen LogP contribution in [0.5, 0.6) is 0 Å². The third-order valence-electron chi connectivity index (χ3n) is 1.49. The molecule has 0 nitrogen and oxygen atoms in total. The van der Waals surface area contributed by atoms with Crippen molar-refractivity contribution in [3.63, 3.8) is 0 Å². The smallest absolute Gasteiger partial charge is 0.0181 e. The Labute approximate surface area is 75.4 Å². The maximum absolute atomic E-state index is 3.71. The molecule has 0 spiro atoms. The average Bonchev–Trinajstić information content (AvgIpc) is 2.04. The SMILES string of the molecule is C=Cc1ccc(Br)cc1C=C. The van der Waals surface area contributed by atoms with Gasteiger partial charge >= 0.3 is 0 Å². The molecule has 0 heterocycles. The normalized spacial score (nSPS) is 9.18. The molecule has 0 aliphatic heterocycles. The van der Waals surface area contributed by atoms with Crippen LogP contribution in [0.3, 0.4) is 0 Å². The Balaban J connectivity index is 3.26. The van der Waals surface area contributed by atoms with E-state index in [2.05, 4.69) is 29.1 Å². The highest BCUT2D eigenvalue weighted by Gasteiger charge is 1.94. The number of rotatable bonds is 2. The molecule has 56 valence electrons. The molecule has 1 rings (SSSR count). The lowest BCUT2D eigenvalue weighted by Crippen LogP contribution is -1.78. The fourth-order valence-electron chi connectivity index (χ4n) is 0.908. The minimum atomic E-state index is 1.07. The van der Waals surface area contributed by atoms with Crippen molar-refractivity contribution in [2.75, 3.05) is 0 Å². The van der Waals surface area contributed by atoms with Gasteiger partial charge in [0.2, 0.25) is 0 Å². The van der Waals surface area contributed by atoms with Crippen LogP contribution in [0, 0.1) is 0 Å². The van der Waals surface area contributed by atoms with Crippen LogP contribution in [0.4, 0.5) is 0 Å². The highest BCUT2D eigenvalue weighted by molar-refractivity contribution is 9.10. The summed E-state index contributed by atoms with van der Waals surface area (Å²) in [5.74, 6) is 0. The highest BCUT2D eigenvalue weighted by atomic mass is 79.9. The summed E-state index contributed by atoms with van der Waals surface area (Å²) < 4.78 is 1.07. The summed E-state index contributed by atoms with van der Waals surface area (Å²) in [4.78, 5) is 0. The largest absolute Gasteiger partial charge is 0.0984 e. The number of halogens is 1. The molecule has 0 saturated heterocycles. The van der Waals surface area contributed by atoms with Gasteiger partial charge in [0.05, 0.1) is 0 Å². The van der Waals surface area contributed by atoms with Crippen molar-refractivity contribution in [3.8, 4) is 0 Å². The van der Waals surface area contributed by atoms with Gasteiger partial charge in [0.25, 0.3) is 0 Å². The zero-order valence-corrected chi connectivity index (χ0v) is 7.76. The van der Waals surface area contributed by atoms with Crippen LogP contribution < -0.4 is 0 Å². The Hall–Kier alpha value is -0.820. The van der Waals surface area contributed by atoms with Crippen LogP contribution in [0.1, 0.15) is 11.1 Å². The highest BCUT2D eigenvalue weighted by Crippen LogP contribution is 2.18. The molecule has 0 atom stereocenters. The van der Waals surface area contributed by atoms with Gasteiger partial charge in [-0.2, -0.15) is 0 Å². The molecule has 11 heavy (non-hydrogen) atoms. The van der Waals surface area contributed by atoms with E-state index in [1.807, 2.05) is 30.4 Å². The number of benzene rings is 1. The summed E-state index contributed by atoms with van der Waals surface area (Å²) in [5.41, 5.74) is 2.22. The molecule has 0 aliphatic carbocycles. The van der Waals surface area contributed by atoms with E-state index in [0.29, 0.717) is 0 Å². The molecule has 0 bridgehead atoms. The van der Waals surface area contributed by atoms with E-state index in [9.17, 15) is 0 Å². The van der Waals surface area contributed by atoms with Gasteiger partial charge in [0, 0.05) is 4.47 Å². The lowest BCUT2D eigenvalue weighted by molar-refractivity contribution is 1.58. The van der Waals surface area contributed by atoms with Crippen LogP contribution in [0.25, 0.3) is 12.2 Å². The van der Waals surface area contributed by atoms with E-state index in [-0.39, 0.29) is 0 Å². The predicted molar refractivity (Wildman–Crippen MR) is 54.3 cm³/mol. The molecule has 0 aromatic heterocycles. The molecular weight excluding hydrogens is 200 g/mol. The van der Waals surface area contributed by atoms with Gasteiger partial charge in [-0.25, -0.2) is 0 Å². The first kappa shape index (κ1) is 8.28. The standard InChI is InChI=1S/C10H9Br/c1-3-8-5-6-10(11)7-9(8)4-2/h3-7H,1-2H2. The first-order chi connectivity index (χ1) is 5.27. The minimum Gasteiger partial charge on any atom is -0.0984 e. The van der Waals surface area contributed by atoms with Gasteiger partial charge in [0.15, 0.2) is 0 Å². The second-order valence-electron chi connectivity index (χ2n) is 2.18. The number of hydrogen-bond acceptors (Lipinski definition) is 0. The van der Waals surface area contributed by atoms with Gasteiger partial charge in [-0.3, -0.25) is 0 Å². The van der Waals surface area contributed by atoms with E-state index in [1.165, 1.54) is 0 Å².